The van der Waals surface area contributed by atoms with E-state index in [4.69, 9.17) is 9.63 Å². The van der Waals surface area contributed by atoms with Gasteiger partial charge in [0.25, 0.3) is 0 Å². The molecule has 6 nitrogen and oxygen atoms in total. The Bertz CT molecular complexity index is 414. The number of hydrogen-bond acceptors (Lipinski definition) is 4. The van der Waals surface area contributed by atoms with E-state index in [0.717, 1.165) is 12.8 Å². The molecule has 0 aliphatic carbocycles. The van der Waals surface area contributed by atoms with Crippen LogP contribution in [0.15, 0.2) is 10.6 Å². The fraction of sp³-hybridized carbons (Fsp3) is 0.583. The Labute approximate surface area is 106 Å². The predicted molar refractivity (Wildman–Crippen MR) is 65.4 cm³/mol. The van der Waals surface area contributed by atoms with E-state index in [2.05, 4.69) is 5.16 Å². The second kappa shape index (κ2) is 6.78. The van der Waals surface area contributed by atoms with Crippen LogP contribution < -0.4 is 4.90 Å². The van der Waals surface area contributed by atoms with E-state index in [1.54, 1.807) is 13.0 Å². The van der Waals surface area contributed by atoms with Gasteiger partial charge in [-0.1, -0.05) is 18.5 Å². The molecule has 0 atom stereocenters. The monoisotopic (exact) mass is 254 g/mol. The Kier molecular flexibility index (Phi) is 5.35. The maximum atomic E-state index is 12.0. The van der Waals surface area contributed by atoms with Gasteiger partial charge in [-0.3, -0.25) is 14.5 Å². The lowest BCUT2D eigenvalue weighted by Gasteiger charge is -2.18. The number of amides is 1. The molecule has 0 fully saturated rings. The van der Waals surface area contributed by atoms with E-state index in [1.165, 1.54) is 4.90 Å². The van der Waals surface area contributed by atoms with Crippen molar-refractivity contribution in [2.45, 2.75) is 39.5 Å². The molecule has 0 bridgehead atoms. The summed E-state index contributed by atoms with van der Waals surface area (Å²) in [6.45, 7) is 3.83. The summed E-state index contributed by atoms with van der Waals surface area (Å²) in [5, 5.41) is 12.5. The van der Waals surface area contributed by atoms with Gasteiger partial charge in [-0.15, -0.1) is 0 Å². The lowest BCUT2D eigenvalue weighted by atomic mass is 10.2. The number of nitrogens with zero attached hydrogens (tertiary/aromatic N) is 2. The zero-order chi connectivity index (χ0) is 13.5. The molecule has 6 heteroatoms. The SMILES string of the molecule is CCCCC(=O)N(CCC(=O)O)c1cc(C)on1. The molecule has 0 aliphatic rings. The molecule has 0 aromatic carbocycles. The number of aryl methyl sites for hydroxylation is 1. The van der Waals surface area contributed by atoms with Gasteiger partial charge in [0.2, 0.25) is 5.91 Å². The van der Waals surface area contributed by atoms with Crippen LogP contribution in [0.25, 0.3) is 0 Å². The Morgan fingerprint density at radius 3 is 2.67 bits per heavy atom. The smallest absolute Gasteiger partial charge is 0.305 e. The molecule has 18 heavy (non-hydrogen) atoms. The molecule has 0 spiro atoms. The summed E-state index contributed by atoms with van der Waals surface area (Å²) >= 11 is 0. The molecular formula is C12H18N2O4. The Hall–Kier alpha value is -1.85. The van der Waals surface area contributed by atoms with Crippen molar-refractivity contribution in [3.05, 3.63) is 11.8 Å². The highest BCUT2D eigenvalue weighted by Crippen LogP contribution is 2.16. The third kappa shape index (κ3) is 4.20. The van der Waals surface area contributed by atoms with Crippen molar-refractivity contribution in [2.24, 2.45) is 0 Å². The summed E-state index contributed by atoms with van der Waals surface area (Å²) in [4.78, 5) is 23.9. The molecule has 0 unspecified atom stereocenters. The van der Waals surface area contributed by atoms with Gasteiger partial charge in [0.1, 0.15) is 5.76 Å². The molecule has 0 radical (unpaired) electrons. The van der Waals surface area contributed by atoms with Crippen LogP contribution in [0.1, 0.15) is 38.4 Å². The summed E-state index contributed by atoms with van der Waals surface area (Å²) in [5.41, 5.74) is 0. The highest BCUT2D eigenvalue weighted by molar-refractivity contribution is 5.92. The second-order valence-electron chi connectivity index (χ2n) is 4.09. The van der Waals surface area contributed by atoms with E-state index in [0.29, 0.717) is 18.0 Å². The van der Waals surface area contributed by atoms with Crippen LogP contribution in [-0.2, 0) is 9.59 Å². The molecule has 0 aliphatic heterocycles. The van der Waals surface area contributed by atoms with Crippen molar-refractivity contribution in [3.63, 3.8) is 0 Å². The summed E-state index contributed by atoms with van der Waals surface area (Å²) in [6, 6.07) is 1.63. The van der Waals surface area contributed by atoms with Crippen LogP contribution >= 0.6 is 0 Å². The third-order valence-corrected chi connectivity index (χ3v) is 2.49. The van der Waals surface area contributed by atoms with Gasteiger partial charge in [-0.05, 0) is 13.3 Å². The van der Waals surface area contributed by atoms with Crippen molar-refractivity contribution in [1.82, 2.24) is 5.16 Å². The highest BCUT2D eigenvalue weighted by Gasteiger charge is 2.19. The summed E-state index contributed by atoms with van der Waals surface area (Å²) < 4.78 is 4.92. The molecular weight excluding hydrogens is 236 g/mol. The number of carbonyl (C=O) groups is 2. The number of aromatic nitrogens is 1. The molecule has 1 aromatic heterocycles. The first kappa shape index (κ1) is 14.2. The Balaban J connectivity index is 2.74. The van der Waals surface area contributed by atoms with E-state index in [9.17, 15) is 9.59 Å². The number of unbranched alkanes of at least 4 members (excludes halogenated alkanes) is 1. The first-order valence-corrected chi connectivity index (χ1v) is 6.00. The van der Waals surface area contributed by atoms with Gasteiger partial charge in [0.05, 0.1) is 6.42 Å². The molecule has 1 N–H and O–H groups in total. The Morgan fingerprint density at radius 2 is 2.17 bits per heavy atom. The first-order chi connectivity index (χ1) is 8.54. The topological polar surface area (TPSA) is 83.6 Å². The lowest BCUT2D eigenvalue weighted by molar-refractivity contribution is -0.136. The largest absolute Gasteiger partial charge is 0.481 e. The van der Waals surface area contributed by atoms with E-state index in [1.807, 2.05) is 6.92 Å². The standard InChI is InChI=1S/C12H18N2O4/c1-3-4-5-11(15)14(7-6-12(16)17)10-8-9(2)18-13-10/h8H,3-7H2,1-2H3,(H,16,17). The molecule has 0 saturated carbocycles. The van der Waals surface area contributed by atoms with E-state index >= 15 is 0 Å². The van der Waals surface area contributed by atoms with Crippen LogP contribution in [0.5, 0.6) is 0 Å². The molecule has 1 amide bonds. The zero-order valence-corrected chi connectivity index (χ0v) is 10.7. The first-order valence-electron chi connectivity index (χ1n) is 6.00. The van der Waals surface area contributed by atoms with E-state index in [-0.39, 0.29) is 18.9 Å². The quantitative estimate of drug-likeness (QED) is 0.804. The van der Waals surface area contributed by atoms with Crippen LogP contribution in [0, 0.1) is 6.92 Å². The van der Waals surface area contributed by atoms with Crippen LogP contribution in [-0.4, -0.2) is 28.7 Å². The average Bonchev–Trinajstić information content (AvgIpc) is 2.73. The maximum Gasteiger partial charge on any atom is 0.305 e. The fourth-order valence-corrected chi connectivity index (χ4v) is 1.52. The minimum absolute atomic E-state index is 0.107. The van der Waals surface area contributed by atoms with Gasteiger partial charge in [0, 0.05) is 19.0 Å². The van der Waals surface area contributed by atoms with E-state index < -0.39 is 5.97 Å². The molecule has 0 saturated heterocycles. The number of rotatable bonds is 7. The molecule has 1 heterocycles. The van der Waals surface area contributed by atoms with Crippen molar-refractivity contribution < 1.29 is 19.2 Å². The maximum absolute atomic E-state index is 12.0. The van der Waals surface area contributed by atoms with Gasteiger partial charge in [-0.2, -0.15) is 0 Å². The number of carboxylic acid groups (broad SMARTS) is 1. The number of hydrogen-bond donors (Lipinski definition) is 1. The van der Waals surface area contributed by atoms with Gasteiger partial charge >= 0.3 is 5.97 Å². The highest BCUT2D eigenvalue weighted by atomic mass is 16.5. The fourth-order valence-electron chi connectivity index (χ4n) is 1.52. The summed E-state index contributed by atoms with van der Waals surface area (Å²) in [6.07, 6.45) is 1.97. The number of anilines is 1. The molecule has 1 aromatic rings. The average molecular weight is 254 g/mol. The van der Waals surface area contributed by atoms with Crippen LogP contribution in [0.3, 0.4) is 0 Å². The van der Waals surface area contributed by atoms with Crippen molar-refractivity contribution in [3.8, 4) is 0 Å². The summed E-state index contributed by atoms with van der Waals surface area (Å²) in [7, 11) is 0. The lowest BCUT2D eigenvalue weighted by Crippen LogP contribution is -2.33. The van der Waals surface area contributed by atoms with Crippen molar-refractivity contribution in [1.29, 1.82) is 0 Å². The zero-order valence-electron chi connectivity index (χ0n) is 10.7. The molecule has 1 rings (SSSR count). The van der Waals surface area contributed by atoms with Gasteiger partial charge in [0.15, 0.2) is 5.82 Å². The predicted octanol–water partition coefficient (Wildman–Crippen LogP) is 1.98. The normalized spacial score (nSPS) is 10.3. The van der Waals surface area contributed by atoms with Crippen LogP contribution in [0.2, 0.25) is 0 Å². The van der Waals surface area contributed by atoms with Crippen molar-refractivity contribution in [2.75, 3.05) is 11.4 Å². The third-order valence-electron chi connectivity index (χ3n) is 2.49. The molecule has 100 valence electrons. The number of carboxylic acids is 1. The minimum Gasteiger partial charge on any atom is -0.481 e. The van der Waals surface area contributed by atoms with Gasteiger partial charge in [-0.25, -0.2) is 0 Å². The van der Waals surface area contributed by atoms with Crippen LogP contribution in [0.4, 0.5) is 5.82 Å². The summed E-state index contributed by atoms with van der Waals surface area (Å²) in [5.74, 6) is -0.0848. The van der Waals surface area contributed by atoms with Crippen molar-refractivity contribution >= 4 is 17.7 Å². The second-order valence-corrected chi connectivity index (χ2v) is 4.09. The Morgan fingerprint density at radius 1 is 1.44 bits per heavy atom. The number of aliphatic carboxylic acids is 1. The number of carbonyl (C=O) groups excluding carboxylic acids is 1. The minimum atomic E-state index is -0.941. The van der Waals surface area contributed by atoms with Gasteiger partial charge < -0.3 is 9.63 Å².